The molecular weight excluding hydrogens is 190 g/mol. The summed E-state index contributed by atoms with van der Waals surface area (Å²) in [5.41, 5.74) is 0. The van der Waals surface area contributed by atoms with Gasteiger partial charge in [-0.1, -0.05) is 6.92 Å². The molecule has 0 radical (unpaired) electrons. The predicted octanol–water partition coefficient (Wildman–Crippen LogP) is 1.56. The van der Waals surface area contributed by atoms with E-state index in [2.05, 4.69) is 24.9 Å². The van der Waals surface area contributed by atoms with E-state index in [-0.39, 0.29) is 17.7 Å². The smallest absolute Gasteiger partial charge is 0.229 e. The fourth-order valence-corrected chi connectivity index (χ4v) is 1.70. The average molecular weight is 207 g/mol. The molecule has 0 bridgehead atoms. The first-order chi connectivity index (χ1) is 5.70. The molecule has 0 aromatic heterocycles. The summed E-state index contributed by atoms with van der Waals surface area (Å²) >= 11 is 5.78. The van der Waals surface area contributed by atoms with Crippen molar-refractivity contribution in [1.29, 1.82) is 0 Å². The molecule has 0 spiro atoms. The van der Waals surface area contributed by atoms with Crippen LogP contribution in [0.25, 0.3) is 0 Å². The first kappa shape index (κ1) is 12.2. The molecule has 4 heteroatoms. The van der Waals surface area contributed by atoms with Crippen LogP contribution in [0.2, 0.25) is 0 Å². The number of thioether (sulfide) groups is 1. The molecule has 1 amide bonds. The van der Waals surface area contributed by atoms with Crippen molar-refractivity contribution in [1.82, 2.24) is 5.32 Å². The summed E-state index contributed by atoms with van der Waals surface area (Å²) in [7, 11) is 0. The Morgan fingerprint density at radius 2 is 2.33 bits per heavy atom. The molecule has 0 aromatic carbocycles. The van der Waals surface area contributed by atoms with Crippen molar-refractivity contribution in [3.05, 3.63) is 0 Å². The van der Waals surface area contributed by atoms with E-state index in [1.165, 1.54) is 0 Å². The van der Waals surface area contributed by atoms with Gasteiger partial charge in [0.2, 0.25) is 5.91 Å². The Morgan fingerprint density at radius 1 is 1.67 bits per heavy atom. The summed E-state index contributed by atoms with van der Waals surface area (Å²) in [5, 5.41) is 2.86. The van der Waals surface area contributed by atoms with Gasteiger partial charge in [-0.15, -0.1) is 0 Å². The van der Waals surface area contributed by atoms with Gasteiger partial charge in [-0.2, -0.15) is 24.4 Å². The van der Waals surface area contributed by atoms with E-state index >= 15 is 0 Å². The molecule has 0 aliphatic rings. The van der Waals surface area contributed by atoms with Gasteiger partial charge in [0.25, 0.3) is 0 Å². The van der Waals surface area contributed by atoms with Crippen LogP contribution in [0, 0.1) is 0 Å². The lowest BCUT2D eigenvalue weighted by molar-refractivity contribution is -0.119. The van der Waals surface area contributed by atoms with Crippen LogP contribution in [-0.4, -0.2) is 29.2 Å². The van der Waals surface area contributed by atoms with Crippen molar-refractivity contribution in [3.63, 3.8) is 0 Å². The Bertz CT molecular complexity index is 130. The van der Waals surface area contributed by atoms with Crippen molar-refractivity contribution in [2.75, 3.05) is 17.3 Å². The van der Waals surface area contributed by atoms with E-state index in [0.717, 1.165) is 17.9 Å². The predicted molar refractivity (Wildman–Crippen MR) is 59.1 cm³/mol. The van der Waals surface area contributed by atoms with Crippen molar-refractivity contribution < 1.29 is 4.79 Å². The van der Waals surface area contributed by atoms with Crippen LogP contribution in [0.4, 0.5) is 0 Å². The average Bonchev–Trinajstić information content (AvgIpc) is 2.05. The lowest BCUT2D eigenvalue weighted by atomic mass is 10.2. The maximum absolute atomic E-state index is 10.9. The maximum atomic E-state index is 10.9. The van der Waals surface area contributed by atoms with E-state index in [0.29, 0.717) is 0 Å². The van der Waals surface area contributed by atoms with Crippen molar-refractivity contribution in [2.24, 2.45) is 0 Å². The van der Waals surface area contributed by atoms with E-state index in [9.17, 15) is 4.79 Å². The summed E-state index contributed by atoms with van der Waals surface area (Å²) in [5.74, 6) is 2.57. The minimum absolute atomic E-state index is 0.0207. The number of amides is 1. The summed E-state index contributed by atoms with van der Waals surface area (Å²) in [6.07, 6.45) is 1.04. The third-order valence-electron chi connectivity index (χ3n) is 1.45. The molecule has 0 saturated carbocycles. The van der Waals surface area contributed by atoms with Gasteiger partial charge in [0, 0.05) is 6.04 Å². The Hall–Kier alpha value is 0.170. The van der Waals surface area contributed by atoms with E-state index < -0.39 is 0 Å². The third kappa shape index (κ3) is 6.85. The highest BCUT2D eigenvalue weighted by molar-refractivity contribution is 7.99. The summed E-state index contributed by atoms with van der Waals surface area (Å²) in [4.78, 5) is 10.9. The third-order valence-corrected chi connectivity index (χ3v) is 2.67. The van der Waals surface area contributed by atoms with Gasteiger partial charge < -0.3 is 5.32 Å². The molecule has 0 aliphatic carbocycles. The van der Waals surface area contributed by atoms with Crippen LogP contribution in [0.3, 0.4) is 0 Å². The normalized spacial score (nSPS) is 12.6. The van der Waals surface area contributed by atoms with Gasteiger partial charge >= 0.3 is 0 Å². The lowest BCUT2D eigenvalue weighted by Gasteiger charge is -2.11. The number of hydrogen-bond acceptors (Lipinski definition) is 3. The van der Waals surface area contributed by atoms with Gasteiger partial charge in [0.1, 0.15) is 0 Å². The molecule has 1 unspecified atom stereocenters. The Kier molecular flexibility index (Phi) is 7.91. The zero-order valence-corrected chi connectivity index (χ0v) is 9.38. The Morgan fingerprint density at radius 3 is 2.83 bits per heavy atom. The number of hydrogen-bond donors (Lipinski definition) is 2. The fourth-order valence-electron chi connectivity index (χ4n) is 0.797. The van der Waals surface area contributed by atoms with E-state index in [1.54, 1.807) is 0 Å². The van der Waals surface area contributed by atoms with Crippen LogP contribution in [-0.2, 0) is 4.79 Å². The molecule has 1 atom stereocenters. The second-order valence-electron chi connectivity index (χ2n) is 2.61. The second kappa shape index (κ2) is 7.80. The van der Waals surface area contributed by atoms with Crippen LogP contribution >= 0.6 is 24.4 Å². The van der Waals surface area contributed by atoms with E-state index in [4.69, 9.17) is 0 Å². The molecule has 1 N–H and O–H groups in total. The van der Waals surface area contributed by atoms with Gasteiger partial charge in [0.15, 0.2) is 0 Å². The molecule has 0 rings (SSSR count). The van der Waals surface area contributed by atoms with Gasteiger partial charge in [0.05, 0.1) is 5.75 Å². The van der Waals surface area contributed by atoms with E-state index in [1.807, 2.05) is 18.7 Å². The highest BCUT2D eigenvalue weighted by atomic mass is 32.2. The molecular formula is C8H17NOS2. The van der Waals surface area contributed by atoms with Crippen molar-refractivity contribution in [2.45, 2.75) is 26.3 Å². The van der Waals surface area contributed by atoms with Crippen LogP contribution in [0.15, 0.2) is 0 Å². The number of nitrogens with one attached hydrogen (secondary N) is 1. The monoisotopic (exact) mass is 207 g/mol. The molecule has 2 nitrogen and oxygen atoms in total. The number of thiol groups is 1. The molecule has 0 aromatic rings. The first-order valence-corrected chi connectivity index (χ1v) is 5.97. The van der Waals surface area contributed by atoms with Gasteiger partial charge in [-0.3, -0.25) is 4.79 Å². The number of carbonyl (C=O) groups is 1. The zero-order chi connectivity index (χ0) is 9.40. The molecule has 72 valence electrons. The summed E-state index contributed by atoms with van der Waals surface area (Å²) in [6, 6.07) is 0.281. The van der Waals surface area contributed by atoms with Crippen molar-refractivity contribution in [3.8, 4) is 0 Å². The second-order valence-corrected chi connectivity index (χ2v) is 4.32. The molecule has 0 aliphatic heterocycles. The SMILES string of the molecule is CCSCCC(C)NC(=O)CS. The molecule has 0 fully saturated rings. The quantitative estimate of drug-likeness (QED) is 0.511. The fraction of sp³-hybridized carbons (Fsp3) is 0.875. The minimum atomic E-state index is 0.0207. The molecule has 0 heterocycles. The highest BCUT2D eigenvalue weighted by Crippen LogP contribution is 2.03. The van der Waals surface area contributed by atoms with Crippen LogP contribution < -0.4 is 5.32 Å². The van der Waals surface area contributed by atoms with Gasteiger partial charge in [-0.25, -0.2) is 0 Å². The topological polar surface area (TPSA) is 29.1 Å². The maximum Gasteiger partial charge on any atom is 0.229 e. The number of rotatable bonds is 6. The van der Waals surface area contributed by atoms with Crippen LogP contribution in [0.5, 0.6) is 0 Å². The minimum Gasteiger partial charge on any atom is -0.353 e. The van der Waals surface area contributed by atoms with Crippen LogP contribution in [0.1, 0.15) is 20.3 Å². The number of carbonyl (C=O) groups excluding carboxylic acids is 1. The zero-order valence-electron chi connectivity index (χ0n) is 7.67. The first-order valence-electron chi connectivity index (χ1n) is 4.18. The molecule has 12 heavy (non-hydrogen) atoms. The lowest BCUT2D eigenvalue weighted by Crippen LogP contribution is -2.33. The summed E-state index contributed by atoms with van der Waals surface area (Å²) in [6.45, 7) is 4.17. The Balaban J connectivity index is 3.32. The molecule has 0 saturated heterocycles. The Labute approximate surface area is 84.3 Å². The standard InChI is InChI=1S/C8H17NOS2/c1-3-12-5-4-7(2)9-8(10)6-11/h7,11H,3-6H2,1-2H3,(H,9,10). The van der Waals surface area contributed by atoms with Gasteiger partial charge in [-0.05, 0) is 24.9 Å². The van der Waals surface area contributed by atoms with Crippen molar-refractivity contribution >= 4 is 30.3 Å². The highest BCUT2D eigenvalue weighted by Gasteiger charge is 2.04. The summed E-state index contributed by atoms with van der Waals surface area (Å²) < 4.78 is 0. The largest absolute Gasteiger partial charge is 0.353 e.